The van der Waals surface area contributed by atoms with E-state index >= 15 is 0 Å². The summed E-state index contributed by atoms with van der Waals surface area (Å²) in [5.74, 6) is 0.759. The minimum absolute atomic E-state index is 0.0169. The van der Waals surface area contributed by atoms with Crippen molar-refractivity contribution >= 4 is 34.8 Å². The van der Waals surface area contributed by atoms with Crippen LogP contribution in [-0.4, -0.2) is 36.6 Å². The summed E-state index contributed by atoms with van der Waals surface area (Å²) < 4.78 is 7.34. The first-order valence-corrected chi connectivity index (χ1v) is 10.5. The molecule has 0 saturated carbocycles. The number of nitro groups is 1. The number of non-ortho nitro benzene ring substituents is 1. The Bertz CT molecular complexity index is 1130. The van der Waals surface area contributed by atoms with Crippen molar-refractivity contribution in [2.75, 3.05) is 5.32 Å². The fraction of sp³-hybridized carbons (Fsp3) is 0.238. The van der Waals surface area contributed by atoms with Gasteiger partial charge in [0.05, 0.1) is 10.2 Å². The Morgan fingerprint density at radius 3 is 2.41 bits per heavy atom. The first-order valence-electron chi connectivity index (χ1n) is 9.58. The zero-order valence-corrected chi connectivity index (χ0v) is 18.5. The number of carbonyl (C=O) groups is 2. The summed E-state index contributed by atoms with van der Waals surface area (Å²) in [5, 5.41) is 21.8. The van der Waals surface area contributed by atoms with Crippen LogP contribution in [0, 0.1) is 10.1 Å². The SMILES string of the molecule is CC(=O)c1ccc(NC(=O)[C@@H](C)Sc2nnc(COc3ccc([N+](=O)[O-])cc3)n2C)cc1. The summed E-state index contributed by atoms with van der Waals surface area (Å²) in [4.78, 5) is 34.1. The molecular formula is C21H21N5O5S. The molecule has 3 aromatic rings. The monoisotopic (exact) mass is 455 g/mol. The Balaban J connectivity index is 1.56. The third-order valence-electron chi connectivity index (χ3n) is 4.55. The highest BCUT2D eigenvalue weighted by atomic mass is 32.2. The average Bonchev–Trinajstić information content (AvgIpc) is 3.12. The molecule has 1 aromatic heterocycles. The molecule has 0 spiro atoms. The minimum atomic E-state index is -0.478. The minimum Gasteiger partial charge on any atom is -0.486 e. The molecule has 0 saturated heterocycles. The van der Waals surface area contributed by atoms with Crippen LogP contribution in [-0.2, 0) is 18.4 Å². The number of thioether (sulfide) groups is 1. The molecule has 1 N–H and O–H groups in total. The van der Waals surface area contributed by atoms with Crippen molar-refractivity contribution in [1.29, 1.82) is 0 Å². The number of ether oxygens (including phenoxy) is 1. The number of nitrogens with one attached hydrogen (secondary N) is 1. The fourth-order valence-corrected chi connectivity index (χ4v) is 3.46. The van der Waals surface area contributed by atoms with Gasteiger partial charge in [-0.2, -0.15) is 0 Å². The van der Waals surface area contributed by atoms with E-state index in [0.29, 0.717) is 28.0 Å². The van der Waals surface area contributed by atoms with Crippen molar-refractivity contribution in [3.8, 4) is 5.75 Å². The van der Waals surface area contributed by atoms with Crippen LogP contribution in [0.4, 0.5) is 11.4 Å². The number of Topliss-reactive ketones (excluding diaryl/α,β-unsaturated/α-hetero) is 1. The quantitative estimate of drug-likeness (QED) is 0.224. The van der Waals surface area contributed by atoms with E-state index in [9.17, 15) is 19.7 Å². The second-order valence-corrected chi connectivity index (χ2v) is 8.19. The van der Waals surface area contributed by atoms with Crippen molar-refractivity contribution in [2.45, 2.75) is 30.9 Å². The molecule has 3 rings (SSSR count). The van der Waals surface area contributed by atoms with Gasteiger partial charge >= 0.3 is 0 Å². The third kappa shape index (κ3) is 5.70. The molecule has 0 aliphatic rings. The van der Waals surface area contributed by atoms with Gasteiger partial charge in [0.2, 0.25) is 5.91 Å². The van der Waals surface area contributed by atoms with Gasteiger partial charge in [0.1, 0.15) is 12.4 Å². The van der Waals surface area contributed by atoms with Crippen molar-refractivity contribution < 1.29 is 19.2 Å². The van der Waals surface area contributed by atoms with E-state index in [2.05, 4.69) is 15.5 Å². The smallest absolute Gasteiger partial charge is 0.269 e. The largest absolute Gasteiger partial charge is 0.486 e. The lowest BCUT2D eigenvalue weighted by Gasteiger charge is -2.12. The number of anilines is 1. The van der Waals surface area contributed by atoms with Gasteiger partial charge in [-0.05, 0) is 50.2 Å². The summed E-state index contributed by atoms with van der Waals surface area (Å²) in [5.41, 5.74) is 1.16. The zero-order chi connectivity index (χ0) is 23.3. The number of ketones is 1. The number of nitro benzene ring substituents is 1. The topological polar surface area (TPSA) is 129 Å². The molecular weight excluding hydrogens is 434 g/mol. The number of aromatic nitrogens is 3. The lowest BCUT2D eigenvalue weighted by molar-refractivity contribution is -0.384. The Morgan fingerprint density at radius 1 is 1.16 bits per heavy atom. The van der Waals surface area contributed by atoms with Gasteiger partial charge in [0.15, 0.2) is 16.8 Å². The molecule has 0 aliphatic carbocycles. The van der Waals surface area contributed by atoms with Gasteiger partial charge in [-0.3, -0.25) is 19.7 Å². The van der Waals surface area contributed by atoms with Crippen LogP contribution < -0.4 is 10.1 Å². The number of benzene rings is 2. The summed E-state index contributed by atoms with van der Waals surface area (Å²) >= 11 is 1.25. The molecule has 166 valence electrons. The lowest BCUT2D eigenvalue weighted by atomic mass is 10.1. The van der Waals surface area contributed by atoms with Crippen molar-refractivity contribution in [2.24, 2.45) is 7.05 Å². The highest BCUT2D eigenvalue weighted by Gasteiger charge is 2.19. The van der Waals surface area contributed by atoms with Gasteiger partial charge in [-0.25, -0.2) is 0 Å². The van der Waals surface area contributed by atoms with Gasteiger partial charge < -0.3 is 14.6 Å². The number of hydrogen-bond donors (Lipinski definition) is 1. The molecule has 11 heteroatoms. The third-order valence-corrected chi connectivity index (χ3v) is 5.68. The predicted octanol–water partition coefficient (Wildman–Crippen LogP) is 3.62. The number of rotatable bonds is 9. The molecule has 0 bridgehead atoms. The van der Waals surface area contributed by atoms with E-state index < -0.39 is 10.2 Å². The number of nitrogens with zero attached hydrogens (tertiary/aromatic N) is 4. The average molecular weight is 455 g/mol. The molecule has 1 amide bonds. The second kappa shape index (κ2) is 10.1. The van der Waals surface area contributed by atoms with E-state index in [4.69, 9.17) is 4.74 Å². The van der Waals surface area contributed by atoms with E-state index in [1.54, 1.807) is 42.8 Å². The van der Waals surface area contributed by atoms with Crippen LogP contribution in [0.2, 0.25) is 0 Å². The Labute approximate surface area is 188 Å². The molecule has 0 radical (unpaired) electrons. The summed E-state index contributed by atoms with van der Waals surface area (Å²) in [6.07, 6.45) is 0. The van der Waals surface area contributed by atoms with E-state index in [1.807, 2.05) is 0 Å². The van der Waals surface area contributed by atoms with Crippen molar-refractivity contribution in [1.82, 2.24) is 14.8 Å². The summed E-state index contributed by atoms with van der Waals surface area (Å²) in [6, 6.07) is 12.4. The summed E-state index contributed by atoms with van der Waals surface area (Å²) in [6.45, 7) is 3.36. The highest BCUT2D eigenvalue weighted by Crippen LogP contribution is 2.24. The fourth-order valence-electron chi connectivity index (χ4n) is 2.63. The molecule has 32 heavy (non-hydrogen) atoms. The molecule has 0 fully saturated rings. The normalized spacial score (nSPS) is 11.6. The Kier molecular flexibility index (Phi) is 7.21. The Hall–Kier alpha value is -3.73. The summed E-state index contributed by atoms with van der Waals surface area (Å²) in [7, 11) is 1.77. The van der Waals surface area contributed by atoms with Crippen LogP contribution in [0.25, 0.3) is 0 Å². The molecule has 1 atom stereocenters. The van der Waals surface area contributed by atoms with E-state index in [-0.39, 0.29) is 24.0 Å². The molecule has 10 nitrogen and oxygen atoms in total. The van der Waals surface area contributed by atoms with Gasteiger partial charge in [-0.15, -0.1) is 10.2 Å². The number of carbonyl (C=O) groups excluding carboxylic acids is 2. The van der Waals surface area contributed by atoms with E-state index in [0.717, 1.165) is 0 Å². The van der Waals surface area contributed by atoms with Crippen LogP contribution >= 0.6 is 11.8 Å². The van der Waals surface area contributed by atoms with Gasteiger partial charge in [0.25, 0.3) is 5.69 Å². The maximum absolute atomic E-state index is 12.5. The zero-order valence-electron chi connectivity index (χ0n) is 17.6. The van der Waals surface area contributed by atoms with Gasteiger partial charge in [-0.1, -0.05) is 11.8 Å². The Morgan fingerprint density at radius 2 is 1.81 bits per heavy atom. The predicted molar refractivity (Wildman–Crippen MR) is 119 cm³/mol. The van der Waals surface area contributed by atoms with Crippen molar-refractivity contribution in [3.63, 3.8) is 0 Å². The standard InChI is InChI=1S/C21H21N5O5S/c1-13(27)15-4-6-16(7-5-15)22-20(28)14(2)32-21-24-23-19(25(21)3)12-31-18-10-8-17(9-11-18)26(29)30/h4-11,14H,12H2,1-3H3,(H,22,28)/t14-/m1/s1. The van der Waals surface area contributed by atoms with Crippen LogP contribution in [0.15, 0.2) is 53.7 Å². The first-order chi connectivity index (χ1) is 15.2. The lowest BCUT2D eigenvalue weighted by Crippen LogP contribution is -2.22. The maximum Gasteiger partial charge on any atom is 0.269 e. The van der Waals surface area contributed by atoms with E-state index in [1.165, 1.54) is 43.0 Å². The number of amides is 1. The van der Waals surface area contributed by atoms with Crippen LogP contribution in [0.5, 0.6) is 5.75 Å². The molecule has 2 aromatic carbocycles. The van der Waals surface area contributed by atoms with Crippen LogP contribution in [0.1, 0.15) is 30.0 Å². The number of hydrogen-bond acceptors (Lipinski definition) is 8. The van der Waals surface area contributed by atoms with Crippen LogP contribution in [0.3, 0.4) is 0 Å². The molecule has 0 aliphatic heterocycles. The first kappa shape index (κ1) is 22.9. The second-order valence-electron chi connectivity index (χ2n) is 6.88. The molecule has 0 unspecified atom stereocenters. The van der Waals surface area contributed by atoms with Crippen molar-refractivity contribution in [3.05, 3.63) is 70.0 Å². The molecule has 1 heterocycles. The highest BCUT2D eigenvalue weighted by molar-refractivity contribution is 8.00. The maximum atomic E-state index is 12.5. The van der Waals surface area contributed by atoms with Gasteiger partial charge in [0, 0.05) is 30.4 Å².